The largest absolute Gasteiger partial charge is 0.630 e. The lowest BCUT2D eigenvalue weighted by molar-refractivity contribution is -0.498. The number of carbonyl (C=O) groups is 1. The third-order valence-corrected chi connectivity index (χ3v) is 4.27. The van der Waals surface area contributed by atoms with Crippen molar-refractivity contribution in [3.63, 3.8) is 0 Å². The van der Waals surface area contributed by atoms with Gasteiger partial charge in [-0.25, -0.2) is 9.18 Å². The average molecular weight is 354 g/mol. The Morgan fingerprint density at radius 2 is 1.92 bits per heavy atom. The van der Waals surface area contributed by atoms with Gasteiger partial charge in [-0.15, -0.1) is 0 Å². The van der Waals surface area contributed by atoms with E-state index in [1.807, 2.05) is 20.8 Å². The minimum Gasteiger partial charge on any atom is -0.630 e. The van der Waals surface area contributed by atoms with E-state index >= 15 is 0 Å². The molecule has 0 spiro atoms. The monoisotopic (exact) mass is 354 g/mol. The van der Waals surface area contributed by atoms with Gasteiger partial charge in [-0.2, -0.15) is 0 Å². The molecule has 1 fully saturated rings. The summed E-state index contributed by atoms with van der Waals surface area (Å²) in [6.45, 7) is 5.52. The second-order valence-corrected chi connectivity index (χ2v) is 7.44. The summed E-state index contributed by atoms with van der Waals surface area (Å²) in [5.74, 6) is -0.155. The highest BCUT2D eigenvalue weighted by atomic mass is 19.1. The van der Waals surface area contributed by atoms with Crippen LogP contribution in [0.25, 0.3) is 0 Å². The van der Waals surface area contributed by atoms with Crippen molar-refractivity contribution in [1.82, 2.24) is 4.90 Å². The predicted molar refractivity (Wildman–Crippen MR) is 92.0 cm³/mol. The summed E-state index contributed by atoms with van der Waals surface area (Å²) in [5.41, 5.74) is 0.486. The van der Waals surface area contributed by atoms with Crippen molar-refractivity contribution in [1.29, 1.82) is 0 Å². The van der Waals surface area contributed by atoms with E-state index in [1.54, 1.807) is 11.9 Å². The highest BCUT2D eigenvalue weighted by Crippen LogP contribution is 2.29. The Labute approximate surface area is 147 Å². The van der Waals surface area contributed by atoms with Gasteiger partial charge in [-0.05, 0) is 52.5 Å². The zero-order valence-electron chi connectivity index (χ0n) is 15.3. The van der Waals surface area contributed by atoms with Crippen molar-refractivity contribution in [2.75, 3.05) is 7.05 Å². The third-order valence-electron chi connectivity index (χ3n) is 4.27. The molecule has 1 aliphatic carbocycles. The van der Waals surface area contributed by atoms with Gasteiger partial charge in [0.2, 0.25) is 0 Å². The number of hydrogen-bond donors (Lipinski definition) is 1. The summed E-state index contributed by atoms with van der Waals surface area (Å²) in [6, 6.07) is 3.98. The third kappa shape index (κ3) is 5.57. The molecule has 1 aliphatic rings. The Balaban J connectivity index is 1.89. The van der Waals surface area contributed by atoms with E-state index in [-0.39, 0.29) is 24.0 Å². The number of quaternary nitrogens is 1. The molecule has 25 heavy (non-hydrogen) atoms. The van der Waals surface area contributed by atoms with Gasteiger partial charge in [0.15, 0.2) is 11.4 Å². The van der Waals surface area contributed by atoms with Gasteiger partial charge in [0.25, 0.3) is 0 Å². The van der Waals surface area contributed by atoms with Gasteiger partial charge in [-0.3, -0.25) is 0 Å². The van der Waals surface area contributed by atoms with E-state index in [0.29, 0.717) is 11.2 Å². The smallest absolute Gasteiger partial charge is 0.410 e. The number of carbonyl (C=O) groups excluding carboxylic acids is 1. The highest BCUT2D eigenvalue weighted by molar-refractivity contribution is 5.68. The first kappa shape index (κ1) is 19.5. The van der Waals surface area contributed by atoms with Gasteiger partial charge in [0.1, 0.15) is 11.4 Å². The van der Waals surface area contributed by atoms with Crippen LogP contribution in [0.3, 0.4) is 0 Å². The number of halogens is 1. The van der Waals surface area contributed by atoms with E-state index in [2.05, 4.69) is 0 Å². The van der Waals surface area contributed by atoms with Gasteiger partial charge < -0.3 is 25.1 Å². The van der Waals surface area contributed by atoms with E-state index in [0.717, 1.165) is 25.7 Å². The summed E-state index contributed by atoms with van der Waals surface area (Å²) >= 11 is 0. The summed E-state index contributed by atoms with van der Waals surface area (Å²) in [4.78, 5) is 13.8. The van der Waals surface area contributed by atoms with Crippen molar-refractivity contribution in [2.24, 2.45) is 0 Å². The van der Waals surface area contributed by atoms with Crippen LogP contribution in [0.4, 0.5) is 14.9 Å². The predicted octanol–water partition coefficient (Wildman–Crippen LogP) is 3.08. The minimum absolute atomic E-state index is 0.0905. The van der Waals surface area contributed by atoms with Crippen LogP contribution in [0.5, 0.6) is 5.75 Å². The molecule has 0 unspecified atom stereocenters. The lowest BCUT2D eigenvalue weighted by Gasteiger charge is -2.35. The van der Waals surface area contributed by atoms with Crippen LogP contribution in [0.2, 0.25) is 0 Å². The van der Waals surface area contributed by atoms with E-state index < -0.39 is 11.4 Å². The van der Waals surface area contributed by atoms with Gasteiger partial charge >= 0.3 is 6.09 Å². The van der Waals surface area contributed by atoms with Crippen LogP contribution in [0.1, 0.15) is 46.5 Å². The first-order valence-electron chi connectivity index (χ1n) is 8.57. The van der Waals surface area contributed by atoms with Crippen LogP contribution >= 0.6 is 0 Å². The molecule has 0 heterocycles. The lowest BCUT2D eigenvalue weighted by atomic mass is 9.92. The average Bonchev–Trinajstić information content (AvgIpc) is 2.53. The molecule has 0 aliphatic heterocycles. The molecule has 0 atom stereocenters. The molecule has 0 aromatic heterocycles. The van der Waals surface area contributed by atoms with Gasteiger partial charge in [0, 0.05) is 25.2 Å². The minimum atomic E-state index is -0.520. The van der Waals surface area contributed by atoms with Crippen LogP contribution in [0.15, 0.2) is 18.2 Å². The Morgan fingerprint density at radius 1 is 1.28 bits per heavy atom. The molecule has 0 radical (unpaired) electrons. The van der Waals surface area contributed by atoms with E-state index in [4.69, 9.17) is 9.47 Å². The molecular formula is C18H27FN2O4. The number of nitrogens with zero attached hydrogens (tertiary/aromatic N) is 1. The van der Waals surface area contributed by atoms with Crippen LogP contribution in [-0.4, -0.2) is 35.8 Å². The van der Waals surface area contributed by atoms with E-state index in [1.165, 1.54) is 18.2 Å². The Kier molecular flexibility index (Phi) is 6.24. The van der Waals surface area contributed by atoms with Crippen molar-refractivity contribution in [3.05, 3.63) is 29.2 Å². The van der Waals surface area contributed by atoms with Gasteiger partial charge in [-0.1, -0.05) is 0 Å². The fraction of sp³-hybridized carbons (Fsp3) is 0.611. The summed E-state index contributed by atoms with van der Waals surface area (Å²) in [6.07, 6.45) is 2.58. The molecular weight excluding hydrogens is 327 g/mol. The molecule has 1 aromatic rings. The first-order chi connectivity index (χ1) is 11.7. The highest BCUT2D eigenvalue weighted by Gasteiger charge is 2.30. The van der Waals surface area contributed by atoms with Crippen LogP contribution in [0, 0.1) is 11.0 Å². The zero-order valence-corrected chi connectivity index (χ0v) is 15.3. The topological polar surface area (TPSA) is 78.4 Å². The van der Waals surface area contributed by atoms with Crippen LogP contribution in [-0.2, 0) is 4.74 Å². The maximum Gasteiger partial charge on any atom is 0.410 e. The Bertz CT molecular complexity index is 595. The second kappa shape index (κ2) is 8.01. The van der Waals surface area contributed by atoms with Gasteiger partial charge in [0.05, 0.1) is 6.10 Å². The molecule has 0 bridgehead atoms. The molecule has 2 N–H and O–H groups in total. The Hall–Kier alpha value is -1.86. The molecule has 1 aromatic carbocycles. The second-order valence-electron chi connectivity index (χ2n) is 7.44. The van der Waals surface area contributed by atoms with Crippen LogP contribution < -0.4 is 10.2 Å². The zero-order chi connectivity index (χ0) is 18.6. The molecule has 0 saturated heterocycles. The quantitative estimate of drug-likeness (QED) is 0.666. The van der Waals surface area contributed by atoms with Crippen molar-refractivity contribution in [3.8, 4) is 5.75 Å². The lowest BCUT2D eigenvalue weighted by Crippen LogP contribution is -2.70. The fourth-order valence-corrected chi connectivity index (χ4v) is 2.92. The fourth-order valence-electron chi connectivity index (χ4n) is 2.92. The number of hydrogen-bond acceptors (Lipinski definition) is 4. The molecule has 1 saturated carbocycles. The number of ether oxygens (including phenoxy) is 2. The van der Waals surface area contributed by atoms with Crippen molar-refractivity contribution in [2.45, 2.75) is 64.2 Å². The summed E-state index contributed by atoms with van der Waals surface area (Å²) in [7, 11) is 1.75. The maximum atomic E-state index is 13.4. The Morgan fingerprint density at radius 3 is 2.48 bits per heavy atom. The number of amides is 1. The molecule has 1 amide bonds. The molecule has 6 nitrogen and oxygen atoms in total. The normalized spacial score (nSPS) is 20.9. The molecule has 7 heteroatoms. The summed E-state index contributed by atoms with van der Waals surface area (Å²) < 4.78 is 24.6. The maximum absolute atomic E-state index is 13.4. The van der Waals surface area contributed by atoms with Crippen molar-refractivity contribution >= 4 is 11.8 Å². The van der Waals surface area contributed by atoms with E-state index in [9.17, 15) is 14.4 Å². The molecule has 2 rings (SSSR count). The summed E-state index contributed by atoms with van der Waals surface area (Å²) in [5, 5.41) is 11.1. The first-order valence-corrected chi connectivity index (χ1v) is 8.57. The molecule has 140 valence electrons. The number of rotatable bonds is 4. The van der Waals surface area contributed by atoms with Crippen molar-refractivity contribution < 1.29 is 24.1 Å². The number of benzene rings is 1. The number of nitrogens with two attached hydrogens (primary N) is 1. The SMILES string of the molecule is CN(C(=O)OC(C)(C)C)C1CCC(Oc2cc(F)ccc2[NH2+][O-])CC1. The standard InChI is InChI=1S/C18H27FN2O4/c1-18(2,3)25-17(22)21(4)13-6-8-14(9-7-13)24-16-11-12(19)5-10-15(16)20-23/h5,10-11,13-14H,6-9,20H2,1-4H3.